The maximum absolute atomic E-state index is 11.8. The molecule has 1 unspecified atom stereocenters. The summed E-state index contributed by atoms with van der Waals surface area (Å²) >= 11 is 1.42. The minimum atomic E-state index is -0.265. The number of nitrogens with zero attached hydrogens (tertiary/aromatic N) is 1. The molecule has 5 heteroatoms. The monoisotopic (exact) mass is 242 g/mol. The second-order valence-electron chi connectivity index (χ2n) is 3.59. The van der Waals surface area contributed by atoms with E-state index in [-0.39, 0.29) is 11.9 Å². The molecule has 1 aromatic heterocycles. The molecular weight excluding hydrogens is 224 g/mol. The van der Waals surface area contributed by atoms with Crippen LogP contribution in [0.3, 0.4) is 0 Å². The Labute approximate surface area is 99.8 Å². The van der Waals surface area contributed by atoms with Gasteiger partial charge in [0.1, 0.15) is 5.92 Å². The lowest BCUT2D eigenvalue weighted by atomic mass is 9.99. The highest BCUT2D eigenvalue weighted by Gasteiger charge is 2.25. The average molecular weight is 242 g/mol. The number of hydrogen-bond acceptors (Lipinski definition) is 5. The maximum Gasteiger partial charge on any atom is 0.315 e. The van der Waals surface area contributed by atoms with Crippen molar-refractivity contribution in [3.8, 4) is 0 Å². The summed E-state index contributed by atoms with van der Waals surface area (Å²) in [6, 6.07) is 0. The molecule has 0 saturated heterocycles. The fraction of sp³-hybridized carbons (Fsp3) is 0.636. The van der Waals surface area contributed by atoms with Crippen molar-refractivity contribution in [1.29, 1.82) is 0 Å². The molecule has 0 saturated carbocycles. The first-order chi connectivity index (χ1) is 7.60. The number of nitrogen functional groups attached to an aromatic ring is 1. The van der Waals surface area contributed by atoms with E-state index in [9.17, 15) is 4.79 Å². The van der Waals surface area contributed by atoms with Crippen molar-refractivity contribution in [1.82, 2.24) is 4.98 Å². The summed E-state index contributed by atoms with van der Waals surface area (Å²) in [7, 11) is 0. The van der Waals surface area contributed by atoms with Gasteiger partial charge in [0.25, 0.3) is 0 Å². The Morgan fingerprint density at radius 1 is 1.56 bits per heavy atom. The highest BCUT2D eigenvalue weighted by atomic mass is 32.1. The van der Waals surface area contributed by atoms with Crippen LogP contribution in [-0.4, -0.2) is 17.6 Å². The van der Waals surface area contributed by atoms with E-state index in [1.54, 1.807) is 0 Å². The van der Waals surface area contributed by atoms with Crippen molar-refractivity contribution in [2.45, 2.75) is 39.5 Å². The largest absolute Gasteiger partial charge is 0.465 e. The SMILES string of the molecule is CCCC(C(=O)OCC)c1nc(N)sc1C. The van der Waals surface area contributed by atoms with E-state index in [1.165, 1.54) is 11.3 Å². The quantitative estimate of drug-likeness (QED) is 0.806. The van der Waals surface area contributed by atoms with E-state index >= 15 is 0 Å². The number of carbonyl (C=O) groups excluding carboxylic acids is 1. The average Bonchev–Trinajstić information content (AvgIpc) is 2.54. The Kier molecular flexibility index (Phi) is 4.73. The number of carbonyl (C=O) groups is 1. The lowest BCUT2D eigenvalue weighted by Gasteiger charge is -2.13. The molecule has 1 heterocycles. The molecule has 0 aliphatic heterocycles. The summed E-state index contributed by atoms with van der Waals surface area (Å²) in [4.78, 5) is 17.0. The fourth-order valence-electron chi connectivity index (χ4n) is 1.65. The molecule has 0 fully saturated rings. The van der Waals surface area contributed by atoms with Crippen LogP contribution in [0.4, 0.5) is 5.13 Å². The molecule has 90 valence electrons. The Hall–Kier alpha value is -1.10. The first kappa shape index (κ1) is 13.0. The minimum absolute atomic E-state index is 0.197. The maximum atomic E-state index is 11.8. The van der Waals surface area contributed by atoms with Crippen LogP contribution < -0.4 is 5.73 Å². The van der Waals surface area contributed by atoms with Crippen LogP contribution in [0.25, 0.3) is 0 Å². The molecule has 4 nitrogen and oxygen atoms in total. The standard InChI is InChI=1S/C11H18N2O2S/c1-4-6-8(10(14)15-5-2)9-7(3)16-11(12)13-9/h8H,4-6H2,1-3H3,(H2,12,13). The fourth-order valence-corrected chi connectivity index (χ4v) is 2.40. The van der Waals surface area contributed by atoms with Gasteiger partial charge in [0.2, 0.25) is 0 Å². The first-order valence-corrected chi connectivity index (χ1v) is 6.31. The van der Waals surface area contributed by atoms with Crippen molar-refractivity contribution in [3.05, 3.63) is 10.6 Å². The first-order valence-electron chi connectivity index (χ1n) is 5.49. The molecule has 0 radical (unpaired) electrons. The van der Waals surface area contributed by atoms with E-state index < -0.39 is 0 Å². The number of nitrogens with two attached hydrogens (primary N) is 1. The van der Waals surface area contributed by atoms with E-state index in [2.05, 4.69) is 4.98 Å². The van der Waals surface area contributed by atoms with Crippen LogP contribution in [-0.2, 0) is 9.53 Å². The normalized spacial score (nSPS) is 12.4. The van der Waals surface area contributed by atoms with E-state index in [0.717, 1.165) is 23.4 Å². The highest BCUT2D eigenvalue weighted by molar-refractivity contribution is 7.15. The number of aromatic nitrogens is 1. The van der Waals surface area contributed by atoms with Gasteiger partial charge in [-0.15, -0.1) is 11.3 Å². The van der Waals surface area contributed by atoms with Gasteiger partial charge in [-0.25, -0.2) is 4.98 Å². The van der Waals surface area contributed by atoms with Crippen LogP contribution in [0.2, 0.25) is 0 Å². The van der Waals surface area contributed by atoms with Crippen molar-refractivity contribution in [3.63, 3.8) is 0 Å². The summed E-state index contributed by atoms with van der Waals surface area (Å²) in [5, 5.41) is 0.512. The zero-order valence-electron chi connectivity index (χ0n) is 9.95. The molecule has 0 bridgehead atoms. The van der Waals surface area contributed by atoms with Gasteiger partial charge in [0, 0.05) is 4.88 Å². The van der Waals surface area contributed by atoms with Crippen LogP contribution >= 0.6 is 11.3 Å². The van der Waals surface area contributed by atoms with Crippen molar-refractivity contribution in [2.24, 2.45) is 0 Å². The minimum Gasteiger partial charge on any atom is -0.465 e. The third-order valence-corrected chi connectivity index (χ3v) is 3.14. The molecule has 0 amide bonds. The summed E-state index contributed by atoms with van der Waals surface area (Å²) in [5.41, 5.74) is 6.42. The highest BCUT2D eigenvalue weighted by Crippen LogP contribution is 2.29. The van der Waals surface area contributed by atoms with Crippen molar-refractivity contribution in [2.75, 3.05) is 12.3 Å². The molecule has 0 aromatic carbocycles. The predicted octanol–water partition coefficient (Wildman–Crippen LogP) is 2.48. The number of hydrogen-bond donors (Lipinski definition) is 1. The Balaban J connectivity index is 2.92. The van der Waals surface area contributed by atoms with Gasteiger partial charge < -0.3 is 10.5 Å². The summed E-state index contributed by atoms with van der Waals surface area (Å²) in [5.74, 6) is -0.462. The summed E-state index contributed by atoms with van der Waals surface area (Å²) in [6.45, 7) is 6.18. The second kappa shape index (κ2) is 5.84. The Morgan fingerprint density at radius 3 is 2.69 bits per heavy atom. The number of thiazole rings is 1. The van der Waals surface area contributed by atoms with Gasteiger partial charge in [-0.1, -0.05) is 13.3 Å². The van der Waals surface area contributed by atoms with E-state index in [4.69, 9.17) is 10.5 Å². The Bertz CT molecular complexity index is 363. The summed E-state index contributed by atoms with van der Waals surface area (Å²) in [6.07, 6.45) is 1.67. The number of anilines is 1. The third-order valence-electron chi connectivity index (χ3n) is 2.33. The lowest BCUT2D eigenvalue weighted by molar-refractivity contribution is -0.145. The van der Waals surface area contributed by atoms with Gasteiger partial charge in [0.05, 0.1) is 12.3 Å². The zero-order chi connectivity index (χ0) is 12.1. The summed E-state index contributed by atoms with van der Waals surface area (Å²) < 4.78 is 5.06. The molecule has 16 heavy (non-hydrogen) atoms. The van der Waals surface area contributed by atoms with Gasteiger partial charge >= 0.3 is 5.97 Å². The van der Waals surface area contributed by atoms with Crippen LogP contribution in [0.5, 0.6) is 0 Å². The third kappa shape index (κ3) is 2.95. The van der Waals surface area contributed by atoms with Gasteiger partial charge in [0.15, 0.2) is 5.13 Å². The number of aryl methyl sites for hydroxylation is 1. The molecule has 1 atom stereocenters. The number of ether oxygens (including phenoxy) is 1. The van der Waals surface area contributed by atoms with E-state index in [0.29, 0.717) is 11.7 Å². The lowest BCUT2D eigenvalue weighted by Crippen LogP contribution is -2.17. The van der Waals surface area contributed by atoms with E-state index in [1.807, 2.05) is 20.8 Å². The van der Waals surface area contributed by atoms with Crippen LogP contribution in [0.1, 0.15) is 43.2 Å². The molecule has 1 aromatic rings. The second-order valence-corrected chi connectivity index (χ2v) is 4.82. The molecule has 1 rings (SSSR count). The number of esters is 1. The smallest absolute Gasteiger partial charge is 0.315 e. The van der Waals surface area contributed by atoms with Crippen molar-refractivity contribution < 1.29 is 9.53 Å². The molecule has 0 spiro atoms. The van der Waals surface area contributed by atoms with Crippen LogP contribution in [0.15, 0.2) is 0 Å². The predicted molar refractivity (Wildman–Crippen MR) is 65.5 cm³/mol. The Morgan fingerprint density at radius 2 is 2.25 bits per heavy atom. The molecule has 0 aliphatic rings. The number of rotatable bonds is 5. The van der Waals surface area contributed by atoms with Crippen molar-refractivity contribution >= 4 is 22.4 Å². The van der Waals surface area contributed by atoms with Crippen LogP contribution in [0, 0.1) is 6.92 Å². The molecule has 0 aliphatic carbocycles. The molecule has 2 N–H and O–H groups in total. The zero-order valence-corrected chi connectivity index (χ0v) is 10.8. The van der Waals surface area contributed by atoms with Gasteiger partial charge in [-0.05, 0) is 20.3 Å². The van der Waals surface area contributed by atoms with Gasteiger partial charge in [-0.2, -0.15) is 0 Å². The molecular formula is C11H18N2O2S. The van der Waals surface area contributed by atoms with Gasteiger partial charge in [-0.3, -0.25) is 4.79 Å². The topological polar surface area (TPSA) is 65.2 Å².